The molecule has 0 fully saturated rings. The van der Waals surface area contributed by atoms with E-state index in [1.165, 1.54) is 12.1 Å². The molecule has 1 atom stereocenters. The van der Waals surface area contributed by atoms with Crippen molar-refractivity contribution in [3.8, 4) is 17.6 Å². The molecule has 17 heavy (non-hydrogen) atoms. The second kappa shape index (κ2) is 6.84. The van der Waals surface area contributed by atoms with Gasteiger partial charge in [-0.15, -0.1) is 11.8 Å². The second-order valence-electron chi connectivity index (χ2n) is 3.30. The monoisotopic (exact) mass is 240 g/mol. The third-order valence-corrected chi connectivity index (χ3v) is 2.19. The van der Waals surface area contributed by atoms with Gasteiger partial charge < -0.3 is 4.74 Å². The predicted molar refractivity (Wildman–Crippen MR) is 61.2 cm³/mol. The Morgan fingerprint density at radius 2 is 2.00 bits per heavy atom. The van der Waals surface area contributed by atoms with Gasteiger partial charge in [0.15, 0.2) is 0 Å². The fraction of sp³-hybridized carbons (Fsp3) is 0.333. The molecule has 92 valence electrons. The van der Waals surface area contributed by atoms with Gasteiger partial charge in [0.1, 0.15) is 5.75 Å². The number of halogens is 2. The molecule has 3 nitrogen and oxygen atoms in total. The van der Waals surface area contributed by atoms with Crippen molar-refractivity contribution in [3.63, 3.8) is 0 Å². The van der Waals surface area contributed by atoms with Crippen molar-refractivity contribution >= 4 is 0 Å². The minimum atomic E-state index is -2.81. The summed E-state index contributed by atoms with van der Waals surface area (Å²) in [5.74, 6) is 11.2. The van der Waals surface area contributed by atoms with E-state index in [0.717, 1.165) is 5.56 Å². The summed E-state index contributed by atoms with van der Waals surface area (Å²) in [6.07, 6.45) is 0.558. The first-order valence-electron chi connectivity index (χ1n) is 5.08. The van der Waals surface area contributed by atoms with Gasteiger partial charge in [0, 0.05) is 6.42 Å². The molecule has 0 saturated heterocycles. The van der Waals surface area contributed by atoms with E-state index in [-0.39, 0.29) is 11.8 Å². The molecule has 0 heterocycles. The molecule has 5 heteroatoms. The van der Waals surface area contributed by atoms with Crippen molar-refractivity contribution in [3.05, 3.63) is 29.8 Å². The number of alkyl halides is 2. The van der Waals surface area contributed by atoms with Gasteiger partial charge in [-0.2, -0.15) is 8.78 Å². The maximum absolute atomic E-state index is 11.9. The van der Waals surface area contributed by atoms with Gasteiger partial charge in [-0.3, -0.25) is 11.3 Å². The highest BCUT2D eigenvalue weighted by Crippen LogP contribution is 2.20. The number of hydrogen-bond acceptors (Lipinski definition) is 3. The topological polar surface area (TPSA) is 47.3 Å². The summed E-state index contributed by atoms with van der Waals surface area (Å²) in [6.45, 7) is -1.07. The number of rotatable bonds is 5. The smallest absolute Gasteiger partial charge is 0.387 e. The Morgan fingerprint density at radius 1 is 1.35 bits per heavy atom. The molecular weight excluding hydrogens is 226 g/mol. The summed E-state index contributed by atoms with van der Waals surface area (Å²) in [4.78, 5) is 0. The zero-order valence-electron chi connectivity index (χ0n) is 9.41. The lowest BCUT2D eigenvalue weighted by Gasteiger charge is -2.13. The number of benzene rings is 1. The van der Waals surface area contributed by atoms with E-state index in [9.17, 15) is 8.78 Å². The molecule has 1 rings (SSSR count). The third-order valence-electron chi connectivity index (χ3n) is 2.19. The van der Waals surface area contributed by atoms with E-state index in [0.29, 0.717) is 6.42 Å². The molecule has 0 aliphatic heterocycles. The molecule has 0 aliphatic rings. The average Bonchev–Trinajstić information content (AvgIpc) is 2.31. The maximum Gasteiger partial charge on any atom is 0.387 e. The Kier molecular flexibility index (Phi) is 5.40. The number of hydrogen-bond donors (Lipinski definition) is 2. The Hall–Kier alpha value is -1.64. The van der Waals surface area contributed by atoms with Crippen molar-refractivity contribution < 1.29 is 13.5 Å². The Bertz CT molecular complexity index is 395. The third kappa shape index (κ3) is 4.39. The first-order chi connectivity index (χ1) is 8.17. The molecule has 0 aliphatic carbocycles. The van der Waals surface area contributed by atoms with E-state index >= 15 is 0 Å². The Balaban J connectivity index is 2.72. The van der Waals surface area contributed by atoms with Gasteiger partial charge in [-0.05, 0) is 24.6 Å². The van der Waals surface area contributed by atoms with Gasteiger partial charge in [-0.25, -0.2) is 0 Å². The first-order valence-corrected chi connectivity index (χ1v) is 5.08. The number of hydrazine groups is 1. The molecule has 0 aromatic heterocycles. The summed E-state index contributed by atoms with van der Waals surface area (Å²) in [5.41, 5.74) is 3.49. The summed E-state index contributed by atoms with van der Waals surface area (Å²) in [7, 11) is 0. The number of nitrogens with one attached hydrogen (secondary N) is 1. The molecule has 0 amide bonds. The van der Waals surface area contributed by atoms with Crippen molar-refractivity contribution in [2.24, 2.45) is 5.84 Å². The van der Waals surface area contributed by atoms with Crippen molar-refractivity contribution in [2.75, 3.05) is 0 Å². The van der Waals surface area contributed by atoms with E-state index in [1.807, 2.05) is 0 Å². The summed E-state index contributed by atoms with van der Waals surface area (Å²) < 4.78 is 28.1. The lowest BCUT2D eigenvalue weighted by molar-refractivity contribution is -0.0498. The zero-order valence-corrected chi connectivity index (χ0v) is 9.41. The highest BCUT2D eigenvalue weighted by Gasteiger charge is 2.09. The van der Waals surface area contributed by atoms with Crippen LogP contribution in [-0.4, -0.2) is 6.61 Å². The molecule has 0 bridgehead atoms. The Labute approximate surface area is 98.9 Å². The van der Waals surface area contributed by atoms with Crippen LogP contribution in [0.2, 0.25) is 0 Å². The van der Waals surface area contributed by atoms with Crippen LogP contribution in [0.15, 0.2) is 24.3 Å². The van der Waals surface area contributed by atoms with Crippen molar-refractivity contribution in [1.82, 2.24) is 5.43 Å². The quantitative estimate of drug-likeness (QED) is 0.471. The van der Waals surface area contributed by atoms with Crippen LogP contribution >= 0.6 is 0 Å². The van der Waals surface area contributed by atoms with Crippen LogP contribution in [0, 0.1) is 11.8 Å². The van der Waals surface area contributed by atoms with E-state index in [2.05, 4.69) is 22.0 Å². The highest BCUT2D eigenvalue weighted by atomic mass is 19.3. The van der Waals surface area contributed by atoms with Gasteiger partial charge in [0.25, 0.3) is 0 Å². The van der Waals surface area contributed by atoms with E-state index in [4.69, 9.17) is 5.84 Å². The molecule has 0 spiro atoms. The fourth-order valence-electron chi connectivity index (χ4n) is 1.36. The molecule has 1 aromatic rings. The molecule has 0 radical (unpaired) electrons. The molecule has 1 unspecified atom stereocenters. The van der Waals surface area contributed by atoms with Crippen molar-refractivity contribution in [1.29, 1.82) is 0 Å². The first kappa shape index (κ1) is 13.4. The fourth-order valence-corrected chi connectivity index (χ4v) is 1.36. The van der Waals surface area contributed by atoms with Crippen LogP contribution in [0.25, 0.3) is 0 Å². The summed E-state index contributed by atoms with van der Waals surface area (Å²) in [5, 5.41) is 0. The van der Waals surface area contributed by atoms with Gasteiger partial charge in [0.2, 0.25) is 0 Å². The highest BCUT2D eigenvalue weighted by molar-refractivity contribution is 5.29. The molecule has 3 N–H and O–H groups in total. The lowest BCUT2D eigenvalue weighted by Crippen LogP contribution is -2.27. The molecule has 0 saturated carbocycles. The Morgan fingerprint density at radius 3 is 2.47 bits per heavy atom. The van der Waals surface area contributed by atoms with Gasteiger partial charge in [0.05, 0.1) is 6.04 Å². The minimum absolute atomic E-state index is 0.122. The number of ether oxygens (including phenoxy) is 1. The van der Waals surface area contributed by atoms with Crippen LogP contribution in [-0.2, 0) is 0 Å². The SMILES string of the molecule is CC#CCC(NN)c1ccc(OC(F)F)cc1. The summed E-state index contributed by atoms with van der Waals surface area (Å²) in [6, 6.07) is 6.19. The van der Waals surface area contributed by atoms with Crippen LogP contribution in [0.4, 0.5) is 8.78 Å². The maximum atomic E-state index is 11.9. The average molecular weight is 240 g/mol. The number of nitrogens with two attached hydrogens (primary N) is 1. The normalized spacial score (nSPS) is 11.8. The van der Waals surface area contributed by atoms with E-state index < -0.39 is 6.61 Å². The largest absolute Gasteiger partial charge is 0.435 e. The molecule has 1 aromatic carbocycles. The van der Waals surface area contributed by atoms with Crippen LogP contribution in [0.5, 0.6) is 5.75 Å². The van der Waals surface area contributed by atoms with Crippen LogP contribution < -0.4 is 16.0 Å². The van der Waals surface area contributed by atoms with Gasteiger partial charge in [-0.1, -0.05) is 12.1 Å². The van der Waals surface area contributed by atoms with Gasteiger partial charge >= 0.3 is 6.61 Å². The lowest BCUT2D eigenvalue weighted by atomic mass is 10.0. The second-order valence-corrected chi connectivity index (χ2v) is 3.30. The molecular formula is C12H14F2N2O. The van der Waals surface area contributed by atoms with Crippen LogP contribution in [0.3, 0.4) is 0 Å². The minimum Gasteiger partial charge on any atom is -0.435 e. The predicted octanol–water partition coefficient (Wildman–Crippen LogP) is 2.21. The van der Waals surface area contributed by atoms with E-state index in [1.54, 1.807) is 19.1 Å². The summed E-state index contributed by atoms with van der Waals surface area (Å²) >= 11 is 0. The zero-order chi connectivity index (χ0) is 12.7. The van der Waals surface area contributed by atoms with Crippen LogP contribution in [0.1, 0.15) is 24.9 Å². The van der Waals surface area contributed by atoms with Crippen molar-refractivity contribution in [2.45, 2.75) is 26.0 Å². The standard InChI is InChI=1S/C12H14F2N2O/c1-2-3-4-11(16-15)9-5-7-10(8-6-9)17-12(13)14/h5-8,11-12,16H,4,15H2,1H3.